The van der Waals surface area contributed by atoms with Crippen LogP contribution in [0, 0.1) is 10.8 Å². The lowest BCUT2D eigenvalue weighted by Gasteiger charge is -2.43. The molecule has 2 aromatic carbocycles. The number of ether oxygens (including phenoxy) is 4. The molecule has 2 saturated carbocycles. The maximum Gasteiger partial charge on any atom is 0.408 e. The molecule has 12 heteroatoms. The van der Waals surface area contributed by atoms with Gasteiger partial charge < -0.3 is 29.6 Å². The van der Waals surface area contributed by atoms with E-state index in [1.165, 1.54) is 0 Å². The molecule has 52 heavy (non-hydrogen) atoms. The minimum absolute atomic E-state index is 0.340. The summed E-state index contributed by atoms with van der Waals surface area (Å²) in [7, 11) is 0. The number of ketones is 2. The number of esters is 2. The normalized spacial score (nSPS) is 17.2. The average Bonchev–Trinajstić information content (AvgIpc) is 3.03. The molecule has 0 heterocycles. The van der Waals surface area contributed by atoms with Crippen molar-refractivity contribution in [3.8, 4) is 11.1 Å². The summed E-state index contributed by atoms with van der Waals surface area (Å²) in [6, 6.07) is 11.6. The molecule has 2 aliphatic carbocycles. The second kappa shape index (κ2) is 15.9. The van der Waals surface area contributed by atoms with Crippen LogP contribution in [0.25, 0.3) is 11.1 Å². The highest BCUT2D eigenvalue weighted by molar-refractivity contribution is 6.00. The highest BCUT2D eigenvalue weighted by Gasteiger charge is 2.47. The van der Waals surface area contributed by atoms with Crippen LogP contribution < -0.4 is 10.6 Å². The molecule has 12 nitrogen and oxygen atoms in total. The van der Waals surface area contributed by atoms with Gasteiger partial charge in [0, 0.05) is 11.1 Å². The van der Waals surface area contributed by atoms with Gasteiger partial charge in [-0.3, -0.25) is 9.59 Å². The van der Waals surface area contributed by atoms with Gasteiger partial charge in [0.05, 0.1) is 0 Å². The zero-order valence-corrected chi connectivity index (χ0v) is 31.5. The number of benzene rings is 2. The minimum Gasteiger partial charge on any atom is -0.456 e. The third kappa shape index (κ3) is 10.6. The Kier molecular flexibility index (Phi) is 12.2. The Morgan fingerprint density at radius 3 is 1.13 bits per heavy atom. The van der Waals surface area contributed by atoms with E-state index in [1.54, 1.807) is 90.1 Å². The van der Waals surface area contributed by atoms with Crippen LogP contribution in [-0.2, 0) is 28.5 Å². The van der Waals surface area contributed by atoms with Crippen molar-refractivity contribution in [2.75, 3.05) is 13.2 Å². The van der Waals surface area contributed by atoms with Gasteiger partial charge in [-0.15, -0.1) is 0 Å². The van der Waals surface area contributed by atoms with Crippen molar-refractivity contribution in [3.63, 3.8) is 0 Å². The summed E-state index contributed by atoms with van der Waals surface area (Å²) >= 11 is 0. The first-order valence-corrected chi connectivity index (χ1v) is 17.8. The van der Waals surface area contributed by atoms with Crippen molar-refractivity contribution in [3.05, 3.63) is 59.7 Å². The average molecular weight is 721 g/mol. The molecule has 0 saturated heterocycles. The van der Waals surface area contributed by atoms with Crippen LogP contribution in [0.15, 0.2) is 48.5 Å². The molecule has 0 bridgehead atoms. The van der Waals surface area contributed by atoms with Gasteiger partial charge in [-0.2, -0.15) is 0 Å². The number of amides is 2. The number of carbonyl (C=O) groups is 6. The van der Waals surface area contributed by atoms with Gasteiger partial charge in [-0.1, -0.05) is 75.2 Å². The van der Waals surface area contributed by atoms with E-state index < -0.39 is 83.0 Å². The number of hydrogen-bond acceptors (Lipinski definition) is 10. The van der Waals surface area contributed by atoms with Crippen LogP contribution in [0.2, 0.25) is 0 Å². The quantitative estimate of drug-likeness (QED) is 0.125. The summed E-state index contributed by atoms with van der Waals surface area (Å²) < 4.78 is 21.4. The van der Waals surface area contributed by atoms with Crippen LogP contribution in [0.3, 0.4) is 0 Å². The molecule has 2 amide bonds. The lowest BCUT2D eigenvalue weighted by molar-refractivity contribution is -0.151. The van der Waals surface area contributed by atoms with E-state index in [0.717, 1.165) is 49.7 Å². The lowest BCUT2D eigenvalue weighted by atomic mass is 9.65. The van der Waals surface area contributed by atoms with Gasteiger partial charge in [-0.05, 0) is 89.2 Å². The highest BCUT2D eigenvalue weighted by Crippen LogP contribution is 2.44. The Bertz CT molecular complexity index is 1520. The molecule has 0 unspecified atom stereocenters. The fourth-order valence-electron chi connectivity index (χ4n) is 6.24. The lowest BCUT2D eigenvalue weighted by Crippen LogP contribution is -2.55. The van der Waals surface area contributed by atoms with Crippen molar-refractivity contribution in [1.82, 2.24) is 10.6 Å². The van der Waals surface area contributed by atoms with Crippen molar-refractivity contribution < 1.29 is 47.7 Å². The number of rotatable bonds is 13. The molecule has 0 radical (unpaired) electrons. The molecular weight excluding hydrogens is 668 g/mol. The molecule has 282 valence electrons. The van der Waals surface area contributed by atoms with E-state index in [0.29, 0.717) is 11.1 Å². The Balaban J connectivity index is 1.30. The first-order valence-electron chi connectivity index (χ1n) is 17.8. The first-order chi connectivity index (χ1) is 24.2. The third-order valence-electron chi connectivity index (χ3n) is 9.62. The molecule has 0 spiro atoms. The Morgan fingerprint density at radius 2 is 0.885 bits per heavy atom. The Labute approximate surface area is 305 Å². The Morgan fingerprint density at radius 1 is 0.577 bits per heavy atom. The second-order valence-corrected chi connectivity index (χ2v) is 16.4. The molecule has 2 aromatic rings. The molecule has 2 N–H and O–H groups in total. The van der Waals surface area contributed by atoms with E-state index in [4.69, 9.17) is 18.9 Å². The zero-order valence-electron chi connectivity index (χ0n) is 31.5. The summed E-state index contributed by atoms with van der Waals surface area (Å²) in [6.45, 7) is 13.2. The molecule has 0 aliphatic heterocycles. The van der Waals surface area contributed by atoms with Crippen molar-refractivity contribution >= 4 is 35.7 Å². The molecule has 2 atom stereocenters. The summed E-state index contributed by atoms with van der Waals surface area (Å²) in [5.41, 5.74) is -0.202. The van der Waals surface area contributed by atoms with Crippen molar-refractivity contribution in [1.29, 1.82) is 0 Å². The SMILES string of the molecule is CC(C)(C)OC(=O)N[C@H](C(=O)OCC(=O)c1ccc(-c2ccc(C(=O)COC(=O)[C@@H](NC(=O)OC(C)(C)C)C3(C)CCC3)cc2)cc1)C1(C)CCC1. The van der Waals surface area contributed by atoms with E-state index in [9.17, 15) is 28.8 Å². The zero-order chi connectivity index (χ0) is 38.5. The minimum atomic E-state index is -0.943. The number of alkyl carbamates (subject to hydrolysis) is 2. The number of hydrogen-bond donors (Lipinski definition) is 2. The van der Waals surface area contributed by atoms with E-state index >= 15 is 0 Å². The molecular formula is C40H52N2O10. The van der Waals surface area contributed by atoms with Crippen molar-refractivity contribution in [2.45, 2.75) is 117 Å². The topological polar surface area (TPSA) is 163 Å². The predicted octanol–water partition coefficient (Wildman–Crippen LogP) is 6.97. The predicted molar refractivity (Wildman–Crippen MR) is 193 cm³/mol. The van der Waals surface area contributed by atoms with Gasteiger partial charge in [0.1, 0.15) is 23.3 Å². The maximum atomic E-state index is 13.1. The molecule has 4 rings (SSSR count). The van der Waals surface area contributed by atoms with Gasteiger partial charge in [0.2, 0.25) is 0 Å². The van der Waals surface area contributed by atoms with Gasteiger partial charge >= 0.3 is 24.1 Å². The van der Waals surface area contributed by atoms with Gasteiger partial charge in [0.15, 0.2) is 24.8 Å². The maximum absolute atomic E-state index is 13.1. The highest BCUT2D eigenvalue weighted by atomic mass is 16.6. The smallest absolute Gasteiger partial charge is 0.408 e. The van der Waals surface area contributed by atoms with Crippen LogP contribution in [0.4, 0.5) is 9.59 Å². The van der Waals surface area contributed by atoms with Crippen LogP contribution in [0.5, 0.6) is 0 Å². The van der Waals surface area contributed by atoms with Crippen LogP contribution in [-0.4, -0.2) is 72.2 Å². The van der Waals surface area contributed by atoms with Crippen LogP contribution >= 0.6 is 0 Å². The number of Topliss-reactive ketones (excluding diaryl/α,β-unsaturated/α-hetero) is 2. The molecule has 0 aromatic heterocycles. The van der Waals surface area contributed by atoms with E-state index in [2.05, 4.69) is 10.6 Å². The van der Waals surface area contributed by atoms with E-state index in [-0.39, 0.29) is 0 Å². The Hall–Kier alpha value is -4.74. The summed E-state index contributed by atoms with van der Waals surface area (Å²) in [6.07, 6.45) is 3.33. The first kappa shape index (κ1) is 40.0. The van der Waals surface area contributed by atoms with Crippen LogP contribution in [0.1, 0.15) is 115 Å². The van der Waals surface area contributed by atoms with E-state index in [1.807, 2.05) is 13.8 Å². The number of carbonyl (C=O) groups excluding carboxylic acids is 6. The van der Waals surface area contributed by atoms with Gasteiger partial charge in [0.25, 0.3) is 0 Å². The molecule has 2 fully saturated rings. The summed E-state index contributed by atoms with van der Waals surface area (Å²) in [4.78, 5) is 76.9. The summed E-state index contributed by atoms with van der Waals surface area (Å²) in [5, 5.41) is 5.29. The standard InChI is InChI=1S/C40H52N2O10/c1-37(2,3)51-35(47)41-31(39(7)19-9-20-39)33(45)49-23-29(43)27-15-11-25(12-16-27)26-13-17-28(18-14-26)30(44)24-50-34(46)32(40(8)21-10-22-40)42-36(48)52-38(4,5)6/h11-18,31-32H,9-10,19-24H2,1-8H3,(H,41,47)(H,42,48)/t31-,32-/m1/s1. The molecule has 2 aliphatic rings. The third-order valence-corrected chi connectivity index (χ3v) is 9.62. The monoisotopic (exact) mass is 720 g/mol. The second-order valence-electron chi connectivity index (χ2n) is 16.4. The fourth-order valence-corrected chi connectivity index (χ4v) is 6.24. The number of nitrogens with one attached hydrogen (secondary N) is 2. The largest absolute Gasteiger partial charge is 0.456 e. The van der Waals surface area contributed by atoms with Gasteiger partial charge in [-0.25, -0.2) is 19.2 Å². The fraction of sp³-hybridized carbons (Fsp3) is 0.550. The van der Waals surface area contributed by atoms with Crippen molar-refractivity contribution in [2.24, 2.45) is 10.8 Å². The summed E-state index contributed by atoms with van der Waals surface area (Å²) in [5.74, 6) is -2.18.